The standard InChI is InChI=1S/C30H39FO3/c1-3-33-29-18-17-27(20-28(29)31)34-30(32)26-15-13-25(14-16-26)24-11-9-22(10-12-24)19-21(2)23-7-5-4-6-8-23/h4-8,17-18,20-22,24-26H,3,9-16,19H2,1-2H3/t21-,22?,24?,25?,26?/m0/s1. The summed E-state index contributed by atoms with van der Waals surface area (Å²) in [7, 11) is 0. The van der Waals surface area contributed by atoms with Crippen molar-refractivity contribution in [2.24, 2.45) is 23.7 Å². The van der Waals surface area contributed by atoms with Crippen LogP contribution in [0.25, 0.3) is 0 Å². The highest BCUT2D eigenvalue weighted by molar-refractivity contribution is 5.75. The molecule has 1 atom stereocenters. The number of hydrogen-bond acceptors (Lipinski definition) is 3. The first-order chi connectivity index (χ1) is 16.5. The first kappa shape index (κ1) is 24.8. The van der Waals surface area contributed by atoms with Crippen LogP contribution in [-0.2, 0) is 4.79 Å². The molecule has 0 spiro atoms. The minimum atomic E-state index is -0.496. The molecule has 3 nitrogen and oxygen atoms in total. The third-order valence-electron chi connectivity index (χ3n) is 8.14. The number of esters is 1. The second-order valence-corrected chi connectivity index (χ2v) is 10.4. The number of ether oxygens (including phenoxy) is 2. The number of carbonyl (C=O) groups is 1. The van der Waals surface area contributed by atoms with Crippen LogP contribution in [0.15, 0.2) is 48.5 Å². The van der Waals surface area contributed by atoms with E-state index in [1.807, 2.05) is 6.92 Å². The number of hydrogen-bond donors (Lipinski definition) is 0. The van der Waals surface area contributed by atoms with E-state index in [1.54, 1.807) is 6.07 Å². The lowest BCUT2D eigenvalue weighted by atomic mass is 9.68. The van der Waals surface area contributed by atoms with E-state index in [2.05, 4.69) is 37.3 Å². The SMILES string of the molecule is CCOc1ccc(OC(=O)C2CCC(C3CCC(C[C@H](C)c4ccccc4)CC3)CC2)cc1F. The summed E-state index contributed by atoms with van der Waals surface area (Å²) in [6, 6.07) is 15.3. The van der Waals surface area contributed by atoms with Crippen molar-refractivity contribution in [3.05, 3.63) is 59.9 Å². The highest BCUT2D eigenvalue weighted by Crippen LogP contribution is 2.43. The summed E-state index contributed by atoms with van der Waals surface area (Å²) in [4.78, 5) is 12.7. The van der Waals surface area contributed by atoms with Gasteiger partial charge in [-0.3, -0.25) is 4.79 Å². The first-order valence-electron chi connectivity index (χ1n) is 13.2. The van der Waals surface area contributed by atoms with Crippen LogP contribution in [0.2, 0.25) is 0 Å². The molecule has 4 heteroatoms. The molecule has 0 heterocycles. The highest BCUT2D eigenvalue weighted by atomic mass is 19.1. The molecule has 0 N–H and O–H groups in total. The fourth-order valence-electron chi connectivity index (χ4n) is 6.16. The molecule has 0 bridgehead atoms. The van der Waals surface area contributed by atoms with Gasteiger partial charge in [0, 0.05) is 6.07 Å². The summed E-state index contributed by atoms with van der Waals surface area (Å²) in [6.45, 7) is 4.57. The van der Waals surface area contributed by atoms with Crippen molar-refractivity contribution in [1.29, 1.82) is 0 Å². The van der Waals surface area contributed by atoms with Gasteiger partial charge in [0.25, 0.3) is 0 Å². The Hall–Kier alpha value is -2.36. The second-order valence-electron chi connectivity index (χ2n) is 10.4. The van der Waals surface area contributed by atoms with Crippen molar-refractivity contribution in [1.82, 2.24) is 0 Å². The molecule has 2 fully saturated rings. The molecule has 0 saturated heterocycles. The summed E-state index contributed by atoms with van der Waals surface area (Å²) in [5.41, 5.74) is 1.46. The van der Waals surface area contributed by atoms with Crippen molar-refractivity contribution in [2.75, 3.05) is 6.61 Å². The van der Waals surface area contributed by atoms with E-state index < -0.39 is 5.82 Å². The first-order valence-corrected chi connectivity index (χ1v) is 13.2. The summed E-state index contributed by atoms with van der Waals surface area (Å²) >= 11 is 0. The second kappa shape index (κ2) is 11.9. The van der Waals surface area contributed by atoms with E-state index in [9.17, 15) is 9.18 Å². The van der Waals surface area contributed by atoms with Crippen LogP contribution in [0.5, 0.6) is 11.5 Å². The maximum absolute atomic E-state index is 14.1. The van der Waals surface area contributed by atoms with E-state index in [-0.39, 0.29) is 23.4 Å². The smallest absolute Gasteiger partial charge is 0.314 e. The molecule has 34 heavy (non-hydrogen) atoms. The average Bonchev–Trinajstić information content (AvgIpc) is 2.87. The zero-order valence-corrected chi connectivity index (χ0v) is 20.7. The number of halogens is 1. The van der Waals surface area contributed by atoms with E-state index in [1.165, 1.54) is 49.8 Å². The molecule has 2 aromatic carbocycles. The van der Waals surface area contributed by atoms with Crippen LogP contribution in [0, 0.1) is 29.5 Å². The topological polar surface area (TPSA) is 35.5 Å². The van der Waals surface area contributed by atoms with Crippen LogP contribution < -0.4 is 9.47 Å². The van der Waals surface area contributed by atoms with Gasteiger partial charge in [-0.2, -0.15) is 0 Å². The molecular weight excluding hydrogens is 427 g/mol. The molecule has 2 aliphatic rings. The average molecular weight is 467 g/mol. The van der Waals surface area contributed by atoms with Gasteiger partial charge in [0.2, 0.25) is 0 Å². The Morgan fingerprint density at radius 3 is 2.21 bits per heavy atom. The quantitative estimate of drug-likeness (QED) is 0.293. The normalized spacial score (nSPS) is 26.0. The minimum Gasteiger partial charge on any atom is -0.491 e. The Balaban J connectivity index is 1.19. The Morgan fingerprint density at radius 1 is 0.941 bits per heavy atom. The number of rotatable bonds is 8. The number of benzene rings is 2. The van der Waals surface area contributed by atoms with Crippen molar-refractivity contribution >= 4 is 5.97 Å². The molecule has 2 saturated carbocycles. The molecule has 0 aliphatic heterocycles. The summed E-state index contributed by atoms with van der Waals surface area (Å²) in [5.74, 6) is 2.67. The summed E-state index contributed by atoms with van der Waals surface area (Å²) < 4.78 is 24.8. The Kier molecular flexibility index (Phi) is 8.64. The lowest BCUT2D eigenvalue weighted by Crippen LogP contribution is -2.30. The monoisotopic (exact) mass is 466 g/mol. The van der Waals surface area contributed by atoms with Crippen molar-refractivity contribution in [3.63, 3.8) is 0 Å². The molecule has 0 unspecified atom stereocenters. The fourth-order valence-corrected chi connectivity index (χ4v) is 6.16. The van der Waals surface area contributed by atoms with Gasteiger partial charge >= 0.3 is 5.97 Å². The van der Waals surface area contributed by atoms with Crippen molar-refractivity contribution in [3.8, 4) is 11.5 Å². The van der Waals surface area contributed by atoms with E-state index in [0.717, 1.165) is 43.4 Å². The van der Waals surface area contributed by atoms with Gasteiger partial charge < -0.3 is 9.47 Å². The lowest BCUT2D eigenvalue weighted by molar-refractivity contribution is -0.140. The van der Waals surface area contributed by atoms with Crippen LogP contribution in [0.3, 0.4) is 0 Å². The zero-order chi connectivity index (χ0) is 23.9. The van der Waals surface area contributed by atoms with Crippen LogP contribution in [0.4, 0.5) is 4.39 Å². The third kappa shape index (κ3) is 6.40. The van der Waals surface area contributed by atoms with Gasteiger partial charge in [-0.25, -0.2) is 4.39 Å². The van der Waals surface area contributed by atoms with E-state index >= 15 is 0 Å². The third-order valence-corrected chi connectivity index (χ3v) is 8.14. The molecule has 0 amide bonds. The molecule has 2 aliphatic carbocycles. The maximum atomic E-state index is 14.1. The van der Waals surface area contributed by atoms with Gasteiger partial charge in [-0.05, 0) is 93.2 Å². The lowest BCUT2D eigenvalue weighted by Gasteiger charge is -2.38. The highest BCUT2D eigenvalue weighted by Gasteiger charge is 2.34. The van der Waals surface area contributed by atoms with E-state index in [4.69, 9.17) is 9.47 Å². The molecule has 0 aromatic heterocycles. The van der Waals surface area contributed by atoms with Gasteiger partial charge in [-0.15, -0.1) is 0 Å². The Morgan fingerprint density at radius 2 is 1.59 bits per heavy atom. The van der Waals surface area contributed by atoms with Crippen LogP contribution >= 0.6 is 0 Å². The van der Waals surface area contributed by atoms with Gasteiger partial charge in [0.15, 0.2) is 11.6 Å². The van der Waals surface area contributed by atoms with Gasteiger partial charge in [0.1, 0.15) is 5.75 Å². The van der Waals surface area contributed by atoms with Crippen LogP contribution in [-0.4, -0.2) is 12.6 Å². The predicted molar refractivity (Wildman–Crippen MR) is 134 cm³/mol. The zero-order valence-electron chi connectivity index (χ0n) is 20.7. The molecular formula is C30H39FO3. The molecule has 184 valence electrons. The van der Waals surface area contributed by atoms with Crippen LogP contribution in [0.1, 0.15) is 83.1 Å². The summed E-state index contributed by atoms with van der Waals surface area (Å²) in [5, 5.41) is 0. The predicted octanol–water partition coefficient (Wildman–Crippen LogP) is 7.94. The van der Waals surface area contributed by atoms with Crippen molar-refractivity contribution < 1.29 is 18.7 Å². The minimum absolute atomic E-state index is 0.0751. The Labute approximate surface area is 204 Å². The van der Waals surface area contributed by atoms with Gasteiger partial charge in [-0.1, -0.05) is 50.1 Å². The molecule has 0 radical (unpaired) electrons. The molecule has 2 aromatic rings. The number of carbonyl (C=O) groups excluding carboxylic acids is 1. The van der Waals surface area contributed by atoms with Gasteiger partial charge in [0.05, 0.1) is 12.5 Å². The maximum Gasteiger partial charge on any atom is 0.314 e. The molecule has 4 rings (SSSR count). The van der Waals surface area contributed by atoms with E-state index in [0.29, 0.717) is 12.5 Å². The fraction of sp³-hybridized carbons (Fsp3) is 0.567. The summed E-state index contributed by atoms with van der Waals surface area (Å²) in [6.07, 6.45) is 10.6. The van der Waals surface area contributed by atoms with Crippen molar-refractivity contribution in [2.45, 2.75) is 77.6 Å². The largest absolute Gasteiger partial charge is 0.491 e. The Bertz CT molecular complexity index is 912.